The summed E-state index contributed by atoms with van der Waals surface area (Å²) >= 11 is 0. The molecule has 1 fully saturated rings. The van der Waals surface area contributed by atoms with Crippen LogP contribution in [0.25, 0.3) is 5.57 Å². The molecule has 1 N–H and O–H groups in total. The zero-order chi connectivity index (χ0) is 12.5. The summed E-state index contributed by atoms with van der Waals surface area (Å²) in [5, 5.41) is 9.46. The highest BCUT2D eigenvalue weighted by Crippen LogP contribution is 2.45. The van der Waals surface area contributed by atoms with E-state index in [0.717, 1.165) is 30.4 Å². The monoisotopic (exact) mass is 230 g/mol. The van der Waals surface area contributed by atoms with Gasteiger partial charge in [0.1, 0.15) is 0 Å². The van der Waals surface area contributed by atoms with Gasteiger partial charge in [-0.3, -0.25) is 0 Å². The molecule has 0 amide bonds. The molecule has 17 heavy (non-hydrogen) atoms. The van der Waals surface area contributed by atoms with Gasteiger partial charge in [-0.1, -0.05) is 44.2 Å². The maximum absolute atomic E-state index is 11.5. The van der Waals surface area contributed by atoms with Crippen molar-refractivity contribution in [3.63, 3.8) is 0 Å². The van der Waals surface area contributed by atoms with Crippen LogP contribution in [0.2, 0.25) is 0 Å². The predicted molar refractivity (Wildman–Crippen MR) is 68.6 cm³/mol. The molecule has 1 aliphatic carbocycles. The second-order valence-electron chi connectivity index (χ2n) is 5.26. The number of carboxylic acid groups (broad SMARTS) is 1. The highest BCUT2D eigenvalue weighted by Gasteiger charge is 2.33. The van der Waals surface area contributed by atoms with E-state index >= 15 is 0 Å². The molecule has 0 aliphatic heterocycles. The van der Waals surface area contributed by atoms with E-state index in [1.807, 2.05) is 30.3 Å². The minimum atomic E-state index is -0.804. The van der Waals surface area contributed by atoms with E-state index in [0.29, 0.717) is 5.57 Å². The van der Waals surface area contributed by atoms with E-state index < -0.39 is 5.97 Å². The lowest BCUT2D eigenvalue weighted by atomic mass is 9.82. The molecule has 0 bridgehead atoms. The molecular formula is C15H18O2. The molecule has 0 heterocycles. The Bertz CT molecular complexity index is 455. The quantitative estimate of drug-likeness (QED) is 0.786. The van der Waals surface area contributed by atoms with Crippen LogP contribution >= 0.6 is 0 Å². The third-order valence-electron chi connectivity index (χ3n) is 3.62. The third kappa shape index (κ3) is 2.26. The summed E-state index contributed by atoms with van der Waals surface area (Å²) in [6, 6.07) is 9.45. The standard InChI is InChI=1S/C15H18O2/c1-15(2)10-6-9-12(15)13(14(16)17)11-7-4-3-5-8-11/h3-5,7-8H,6,9-10H2,1-2H3,(H,16,17)/b13-12+. The Morgan fingerprint density at radius 3 is 2.35 bits per heavy atom. The molecule has 1 aliphatic rings. The Balaban J connectivity index is 2.57. The smallest absolute Gasteiger partial charge is 0.336 e. The van der Waals surface area contributed by atoms with Crippen LogP contribution in [0.3, 0.4) is 0 Å². The number of benzene rings is 1. The van der Waals surface area contributed by atoms with Gasteiger partial charge in [0, 0.05) is 0 Å². The van der Waals surface area contributed by atoms with Crippen molar-refractivity contribution in [2.75, 3.05) is 0 Å². The van der Waals surface area contributed by atoms with Crippen LogP contribution in [-0.4, -0.2) is 11.1 Å². The summed E-state index contributed by atoms with van der Waals surface area (Å²) in [4.78, 5) is 11.5. The zero-order valence-corrected chi connectivity index (χ0v) is 10.4. The normalized spacial score (nSPS) is 21.3. The molecule has 0 radical (unpaired) electrons. The van der Waals surface area contributed by atoms with Crippen LogP contribution in [0.5, 0.6) is 0 Å². The summed E-state index contributed by atoms with van der Waals surface area (Å²) < 4.78 is 0. The highest BCUT2D eigenvalue weighted by atomic mass is 16.4. The summed E-state index contributed by atoms with van der Waals surface area (Å²) in [7, 11) is 0. The van der Waals surface area contributed by atoms with Gasteiger partial charge >= 0.3 is 5.97 Å². The van der Waals surface area contributed by atoms with Crippen LogP contribution in [0, 0.1) is 5.41 Å². The highest BCUT2D eigenvalue weighted by molar-refractivity contribution is 6.16. The number of rotatable bonds is 2. The molecule has 90 valence electrons. The summed E-state index contributed by atoms with van der Waals surface area (Å²) in [5.74, 6) is -0.804. The van der Waals surface area contributed by atoms with E-state index in [1.54, 1.807) is 0 Å². The third-order valence-corrected chi connectivity index (χ3v) is 3.62. The Morgan fingerprint density at radius 1 is 1.24 bits per heavy atom. The first-order valence-electron chi connectivity index (χ1n) is 6.05. The van der Waals surface area contributed by atoms with Crippen molar-refractivity contribution in [1.29, 1.82) is 0 Å². The fourth-order valence-electron chi connectivity index (χ4n) is 2.69. The van der Waals surface area contributed by atoms with E-state index in [1.165, 1.54) is 0 Å². The van der Waals surface area contributed by atoms with Gasteiger partial charge in [-0.25, -0.2) is 4.79 Å². The maximum Gasteiger partial charge on any atom is 0.336 e. The van der Waals surface area contributed by atoms with Gasteiger partial charge in [-0.05, 0) is 35.8 Å². The van der Waals surface area contributed by atoms with E-state index in [9.17, 15) is 9.90 Å². The van der Waals surface area contributed by atoms with Crippen LogP contribution in [-0.2, 0) is 4.79 Å². The topological polar surface area (TPSA) is 37.3 Å². The molecule has 1 aromatic carbocycles. The van der Waals surface area contributed by atoms with Crippen molar-refractivity contribution < 1.29 is 9.90 Å². The van der Waals surface area contributed by atoms with Gasteiger partial charge in [0.05, 0.1) is 5.57 Å². The molecule has 0 saturated heterocycles. The van der Waals surface area contributed by atoms with Crippen LogP contribution < -0.4 is 0 Å². The second-order valence-corrected chi connectivity index (χ2v) is 5.26. The SMILES string of the molecule is CC1(C)CCC/C1=C(\C(=O)O)c1ccccc1. The number of hydrogen-bond donors (Lipinski definition) is 1. The lowest BCUT2D eigenvalue weighted by Gasteiger charge is -2.22. The van der Waals surface area contributed by atoms with Gasteiger partial charge in [0.15, 0.2) is 0 Å². The van der Waals surface area contributed by atoms with Crippen molar-refractivity contribution >= 4 is 11.5 Å². The fraction of sp³-hybridized carbons (Fsp3) is 0.400. The molecule has 1 saturated carbocycles. The molecule has 2 nitrogen and oxygen atoms in total. The van der Waals surface area contributed by atoms with Crippen molar-refractivity contribution in [2.45, 2.75) is 33.1 Å². The zero-order valence-electron chi connectivity index (χ0n) is 10.4. The molecule has 2 heteroatoms. The predicted octanol–water partition coefficient (Wildman–Crippen LogP) is 3.73. The summed E-state index contributed by atoms with van der Waals surface area (Å²) in [6.07, 6.45) is 3.07. The summed E-state index contributed by atoms with van der Waals surface area (Å²) in [6.45, 7) is 4.28. The lowest BCUT2D eigenvalue weighted by molar-refractivity contribution is -0.130. The van der Waals surface area contributed by atoms with E-state index in [-0.39, 0.29) is 5.41 Å². The van der Waals surface area contributed by atoms with Gasteiger partial charge in [0.2, 0.25) is 0 Å². The van der Waals surface area contributed by atoms with Crippen LogP contribution in [0.15, 0.2) is 35.9 Å². The minimum absolute atomic E-state index is 0.0174. The fourth-order valence-corrected chi connectivity index (χ4v) is 2.69. The molecule has 1 aromatic rings. The summed E-state index contributed by atoms with van der Waals surface area (Å²) in [5.41, 5.74) is 2.44. The number of hydrogen-bond acceptors (Lipinski definition) is 1. The Labute approximate surface area is 102 Å². The van der Waals surface area contributed by atoms with E-state index in [4.69, 9.17) is 0 Å². The van der Waals surface area contributed by atoms with Gasteiger partial charge in [-0.15, -0.1) is 0 Å². The Kier molecular flexibility index (Phi) is 3.05. The average molecular weight is 230 g/mol. The minimum Gasteiger partial charge on any atom is -0.478 e. The molecule has 0 aromatic heterocycles. The Morgan fingerprint density at radius 2 is 1.88 bits per heavy atom. The number of allylic oxidation sites excluding steroid dienone is 1. The first-order valence-corrected chi connectivity index (χ1v) is 6.05. The van der Waals surface area contributed by atoms with Crippen molar-refractivity contribution in [1.82, 2.24) is 0 Å². The molecule has 0 unspecified atom stereocenters. The number of aliphatic carboxylic acids is 1. The average Bonchev–Trinajstić information content (AvgIpc) is 2.60. The van der Waals surface area contributed by atoms with Gasteiger partial charge < -0.3 is 5.11 Å². The Hall–Kier alpha value is -1.57. The van der Waals surface area contributed by atoms with Gasteiger partial charge in [0.25, 0.3) is 0 Å². The van der Waals surface area contributed by atoms with Crippen molar-refractivity contribution in [2.24, 2.45) is 5.41 Å². The maximum atomic E-state index is 11.5. The van der Waals surface area contributed by atoms with Crippen molar-refractivity contribution in [3.8, 4) is 0 Å². The lowest BCUT2D eigenvalue weighted by Crippen LogP contribution is -2.13. The first-order chi connectivity index (χ1) is 8.02. The number of carboxylic acids is 1. The number of carbonyl (C=O) groups is 1. The second kappa shape index (κ2) is 4.36. The largest absolute Gasteiger partial charge is 0.478 e. The molecular weight excluding hydrogens is 212 g/mol. The van der Waals surface area contributed by atoms with Crippen molar-refractivity contribution in [3.05, 3.63) is 41.5 Å². The first kappa shape index (κ1) is 11.9. The van der Waals surface area contributed by atoms with E-state index in [2.05, 4.69) is 13.8 Å². The molecule has 2 rings (SSSR count). The molecule has 0 spiro atoms. The van der Waals surface area contributed by atoms with Crippen LogP contribution in [0.4, 0.5) is 0 Å². The van der Waals surface area contributed by atoms with Gasteiger partial charge in [-0.2, -0.15) is 0 Å². The van der Waals surface area contributed by atoms with Crippen LogP contribution in [0.1, 0.15) is 38.7 Å². The molecule has 0 atom stereocenters.